The standard InChI is InChI=1S/C11H25N4O5P/c1-7(13)21(19,20)9(6-10(16)17)15-11(18)8(14)4-2-3-5-12/h7-9H,2-6,12-14H2,1H3,(H,15,18)(H,16,17)(H,19,20)/t7?,8-,9?/m0/s1. The smallest absolute Gasteiger partial charge is 0.306 e. The molecule has 0 aliphatic heterocycles. The number of carbonyl (C=O) groups is 2. The summed E-state index contributed by atoms with van der Waals surface area (Å²) in [5.74, 6) is -4.60. The van der Waals surface area contributed by atoms with Gasteiger partial charge in [-0.15, -0.1) is 0 Å². The molecule has 0 radical (unpaired) electrons. The van der Waals surface area contributed by atoms with Crippen LogP contribution < -0.4 is 22.5 Å². The molecule has 9 N–H and O–H groups in total. The Balaban J connectivity index is 4.78. The minimum atomic E-state index is -4.06. The minimum absolute atomic E-state index is 0.358. The minimum Gasteiger partial charge on any atom is -0.481 e. The molecule has 0 heterocycles. The zero-order chi connectivity index (χ0) is 16.6. The molecule has 4 atom stereocenters. The third kappa shape index (κ3) is 7.01. The van der Waals surface area contributed by atoms with E-state index >= 15 is 0 Å². The van der Waals surface area contributed by atoms with Gasteiger partial charge in [-0.05, 0) is 26.3 Å². The van der Waals surface area contributed by atoms with Crippen molar-refractivity contribution in [2.75, 3.05) is 6.54 Å². The lowest BCUT2D eigenvalue weighted by Crippen LogP contribution is -2.47. The summed E-state index contributed by atoms with van der Waals surface area (Å²) in [4.78, 5) is 32.5. The predicted molar refractivity (Wildman–Crippen MR) is 78.5 cm³/mol. The maximum Gasteiger partial charge on any atom is 0.306 e. The van der Waals surface area contributed by atoms with Crippen LogP contribution >= 0.6 is 7.37 Å². The lowest BCUT2D eigenvalue weighted by atomic mass is 10.1. The maximum absolute atomic E-state index is 12.1. The van der Waals surface area contributed by atoms with E-state index < -0.39 is 43.3 Å². The summed E-state index contributed by atoms with van der Waals surface area (Å²) in [5.41, 5.74) is 16.4. The molecular weight excluding hydrogens is 299 g/mol. The average Bonchev–Trinajstić information content (AvgIpc) is 2.37. The summed E-state index contributed by atoms with van der Waals surface area (Å²) in [6, 6.07) is -0.888. The fraction of sp³-hybridized carbons (Fsp3) is 0.818. The van der Waals surface area contributed by atoms with Crippen molar-refractivity contribution in [2.45, 2.75) is 50.2 Å². The Bertz CT molecular complexity index is 404. The average molecular weight is 324 g/mol. The van der Waals surface area contributed by atoms with Crippen LogP contribution in [0.5, 0.6) is 0 Å². The normalized spacial score (nSPS) is 18.3. The van der Waals surface area contributed by atoms with Gasteiger partial charge in [0.15, 0.2) is 0 Å². The first-order valence-electron chi connectivity index (χ1n) is 6.68. The van der Waals surface area contributed by atoms with Crippen LogP contribution in [0.4, 0.5) is 0 Å². The van der Waals surface area contributed by atoms with Crippen LogP contribution in [0.25, 0.3) is 0 Å². The highest BCUT2D eigenvalue weighted by Crippen LogP contribution is 2.49. The van der Waals surface area contributed by atoms with E-state index in [4.69, 9.17) is 22.3 Å². The maximum atomic E-state index is 12.1. The zero-order valence-electron chi connectivity index (χ0n) is 12.1. The van der Waals surface area contributed by atoms with E-state index in [1.807, 2.05) is 0 Å². The quantitative estimate of drug-likeness (QED) is 0.217. The molecule has 21 heavy (non-hydrogen) atoms. The second kappa shape index (κ2) is 9.11. The molecular formula is C11H25N4O5P. The van der Waals surface area contributed by atoms with Crippen LogP contribution in [0.1, 0.15) is 32.6 Å². The summed E-state index contributed by atoms with van der Waals surface area (Å²) in [5, 5.41) is 11.0. The number of carbonyl (C=O) groups excluding carboxylic acids is 1. The Kier molecular flexibility index (Phi) is 8.68. The summed E-state index contributed by atoms with van der Waals surface area (Å²) in [7, 11) is -4.06. The molecule has 0 rings (SSSR count). The molecule has 124 valence electrons. The van der Waals surface area contributed by atoms with E-state index in [1.54, 1.807) is 0 Å². The molecule has 0 aromatic heterocycles. The van der Waals surface area contributed by atoms with Crippen molar-refractivity contribution in [3.05, 3.63) is 0 Å². The van der Waals surface area contributed by atoms with Crippen molar-refractivity contribution < 1.29 is 24.2 Å². The lowest BCUT2D eigenvalue weighted by molar-refractivity contribution is -0.137. The Morgan fingerprint density at radius 2 is 1.86 bits per heavy atom. The highest BCUT2D eigenvalue weighted by Gasteiger charge is 2.38. The van der Waals surface area contributed by atoms with Crippen molar-refractivity contribution >= 4 is 19.2 Å². The van der Waals surface area contributed by atoms with Gasteiger partial charge in [-0.25, -0.2) is 0 Å². The molecule has 0 spiro atoms. The SMILES string of the molecule is CC(N)P(=O)(O)C(CC(=O)O)NC(=O)[C@@H](N)CCCCN. The topological polar surface area (TPSA) is 182 Å². The Morgan fingerprint density at radius 1 is 1.29 bits per heavy atom. The number of nitrogens with two attached hydrogens (primary N) is 3. The van der Waals surface area contributed by atoms with Crippen molar-refractivity contribution in [3.8, 4) is 0 Å². The van der Waals surface area contributed by atoms with E-state index in [0.29, 0.717) is 25.8 Å². The van der Waals surface area contributed by atoms with Crippen LogP contribution in [0.15, 0.2) is 0 Å². The monoisotopic (exact) mass is 324 g/mol. The van der Waals surface area contributed by atoms with Crippen LogP contribution in [-0.2, 0) is 14.2 Å². The van der Waals surface area contributed by atoms with Crippen LogP contribution in [0.3, 0.4) is 0 Å². The first-order chi connectivity index (χ1) is 9.62. The summed E-state index contributed by atoms with van der Waals surface area (Å²) in [6.07, 6.45) is 1.00. The van der Waals surface area contributed by atoms with Gasteiger partial charge in [0.25, 0.3) is 0 Å². The van der Waals surface area contributed by atoms with Gasteiger partial charge >= 0.3 is 5.97 Å². The molecule has 0 bridgehead atoms. The highest BCUT2D eigenvalue weighted by molar-refractivity contribution is 7.59. The molecule has 0 aliphatic rings. The van der Waals surface area contributed by atoms with Crippen LogP contribution in [0.2, 0.25) is 0 Å². The van der Waals surface area contributed by atoms with Gasteiger partial charge < -0.3 is 32.5 Å². The molecule has 0 saturated carbocycles. The number of carboxylic acids is 1. The van der Waals surface area contributed by atoms with Crippen molar-refractivity contribution in [2.24, 2.45) is 17.2 Å². The van der Waals surface area contributed by atoms with Crippen molar-refractivity contribution in [3.63, 3.8) is 0 Å². The molecule has 0 aromatic rings. The fourth-order valence-electron chi connectivity index (χ4n) is 1.63. The van der Waals surface area contributed by atoms with Crippen LogP contribution in [-0.4, -0.2) is 46.0 Å². The van der Waals surface area contributed by atoms with Gasteiger partial charge in [0, 0.05) is 0 Å². The van der Waals surface area contributed by atoms with E-state index in [9.17, 15) is 19.0 Å². The largest absolute Gasteiger partial charge is 0.481 e. The first kappa shape index (κ1) is 20.0. The molecule has 0 saturated heterocycles. The number of aliphatic carboxylic acids is 1. The summed E-state index contributed by atoms with van der Waals surface area (Å²) >= 11 is 0. The van der Waals surface area contributed by atoms with E-state index in [-0.39, 0.29) is 0 Å². The highest BCUT2D eigenvalue weighted by atomic mass is 31.2. The summed E-state index contributed by atoms with van der Waals surface area (Å²) < 4.78 is 12.1. The molecule has 0 aliphatic carbocycles. The number of hydrogen-bond acceptors (Lipinski definition) is 6. The Labute approximate surface area is 123 Å². The Morgan fingerprint density at radius 3 is 2.29 bits per heavy atom. The number of unbranched alkanes of at least 4 members (excludes halogenated alkanes) is 1. The lowest BCUT2D eigenvalue weighted by Gasteiger charge is -2.26. The van der Waals surface area contributed by atoms with Crippen LogP contribution in [0, 0.1) is 0 Å². The van der Waals surface area contributed by atoms with E-state index in [0.717, 1.165) is 0 Å². The fourth-order valence-corrected chi connectivity index (χ4v) is 2.93. The zero-order valence-corrected chi connectivity index (χ0v) is 13.0. The molecule has 9 nitrogen and oxygen atoms in total. The molecule has 0 aromatic carbocycles. The van der Waals surface area contributed by atoms with Crippen molar-refractivity contribution in [1.29, 1.82) is 0 Å². The van der Waals surface area contributed by atoms with Crippen molar-refractivity contribution in [1.82, 2.24) is 5.32 Å². The predicted octanol–water partition coefficient (Wildman–Crippen LogP) is -1.07. The molecule has 0 fully saturated rings. The van der Waals surface area contributed by atoms with Gasteiger partial charge in [0.05, 0.1) is 18.2 Å². The Hall–Kier alpha value is -0.990. The number of rotatable bonds is 10. The second-order valence-corrected chi connectivity index (χ2v) is 7.71. The van der Waals surface area contributed by atoms with Gasteiger partial charge in [-0.2, -0.15) is 0 Å². The first-order valence-corrected chi connectivity index (χ1v) is 8.48. The van der Waals surface area contributed by atoms with Gasteiger partial charge in [0.2, 0.25) is 13.3 Å². The molecule has 10 heteroatoms. The van der Waals surface area contributed by atoms with Gasteiger partial charge in [-0.1, -0.05) is 6.42 Å². The summed E-state index contributed by atoms with van der Waals surface area (Å²) in [6.45, 7) is 1.76. The second-order valence-electron chi connectivity index (χ2n) is 4.93. The van der Waals surface area contributed by atoms with E-state index in [2.05, 4.69) is 5.32 Å². The number of carboxylic acid groups (broad SMARTS) is 1. The number of nitrogens with one attached hydrogen (secondary N) is 1. The molecule has 3 unspecified atom stereocenters. The van der Waals surface area contributed by atoms with Gasteiger partial charge in [-0.3, -0.25) is 14.2 Å². The third-order valence-corrected chi connectivity index (χ3v) is 5.38. The number of amides is 1. The number of hydrogen-bond donors (Lipinski definition) is 6. The third-order valence-electron chi connectivity index (χ3n) is 3.01. The van der Waals surface area contributed by atoms with Gasteiger partial charge in [0.1, 0.15) is 5.78 Å². The van der Waals surface area contributed by atoms with E-state index in [1.165, 1.54) is 6.92 Å². The molecule has 1 amide bonds.